The van der Waals surface area contributed by atoms with Crippen LogP contribution in [0.15, 0.2) is 78.9 Å². The van der Waals surface area contributed by atoms with Crippen LogP contribution in [-0.2, 0) is 11.3 Å². The van der Waals surface area contributed by atoms with Crippen LogP contribution in [0.4, 0.5) is 10.5 Å². The standard InChI is InChI=1S/C29H27N3O4/c1-29(2,3)36-28(34)30-21-9-11-23-19(13-21)15-25(31-23)27(33)26-16-20-14-22(10-12-24(20)32-26)35-17-18-7-5-4-6-8-18/h4-16,31-32H,17H2,1-3H3,(H,30,34). The van der Waals surface area contributed by atoms with Crippen molar-refractivity contribution < 1.29 is 19.1 Å². The highest BCUT2D eigenvalue weighted by molar-refractivity contribution is 6.11. The monoisotopic (exact) mass is 481 g/mol. The van der Waals surface area contributed by atoms with Crippen molar-refractivity contribution in [2.75, 3.05) is 5.32 Å². The lowest BCUT2D eigenvalue weighted by molar-refractivity contribution is 0.0635. The fraction of sp³-hybridized carbons (Fsp3) is 0.172. The van der Waals surface area contributed by atoms with Gasteiger partial charge in [-0.1, -0.05) is 30.3 Å². The van der Waals surface area contributed by atoms with Gasteiger partial charge < -0.3 is 19.4 Å². The first-order valence-electron chi connectivity index (χ1n) is 11.7. The van der Waals surface area contributed by atoms with Gasteiger partial charge in [0, 0.05) is 27.5 Å². The second-order valence-corrected chi connectivity index (χ2v) is 9.65. The first-order valence-corrected chi connectivity index (χ1v) is 11.7. The third kappa shape index (κ3) is 5.25. The van der Waals surface area contributed by atoms with Crippen LogP contribution in [0.3, 0.4) is 0 Å². The maximum absolute atomic E-state index is 13.2. The van der Waals surface area contributed by atoms with Crippen molar-refractivity contribution in [3.8, 4) is 5.75 Å². The SMILES string of the molecule is CC(C)(C)OC(=O)Nc1ccc2[nH]c(C(=O)c3cc4cc(OCc5ccccc5)ccc4[nH]3)cc2c1. The summed E-state index contributed by atoms with van der Waals surface area (Å²) in [4.78, 5) is 31.7. The summed E-state index contributed by atoms with van der Waals surface area (Å²) in [5.41, 5.74) is 3.66. The molecule has 5 aromatic rings. The first kappa shape index (κ1) is 23.2. The van der Waals surface area contributed by atoms with Gasteiger partial charge in [0.1, 0.15) is 18.0 Å². The summed E-state index contributed by atoms with van der Waals surface area (Å²) in [5.74, 6) is 0.579. The minimum absolute atomic E-state index is 0.157. The number of carbonyl (C=O) groups excluding carboxylic acids is 2. The van der Waals surface area contributed by atoms with E-state index in [1.165, 1.54) is 0 Å². The molecule has 2 heterocycles. The third-order valence-electron chi connectivity index (χ3n) is 5.60. The molecule has 0 aliphatic heterocycles. The summed E-state index contributed by atoms with van der Waals surface area (Å²) in [6, 6.07) is 24.7. The molecule has 182 valence electrons. The molecule has 7 heteroatoms. The van der Waals surface area contributed by atoms with E-state index in [-0.39, 0.29) is 5.78 Å². The number of hydrogen-bond acceptors (Lipinski definition) is 4. The molecule has 0 saturated heterocycles. The van der Waals surface area contributed by atoms with Gasteiger partial charge in [-0.2, -0.15) is 0 Å². The fourth-order valence-corrected chi connectivity index (χ4v) is 3.96. The molecule has 2 aromatic heterocycles. The van der Waals surface area contributed by atoms with E-state index >= 15 is 0 Å². The number of benzene rings is 3. The van der Waals surface area contributed by atoms with Crippen LogP contribution in [0.1, 0.15) is 42.5 Å². The van der Waals surface area contributed by atoms with Gasteiger partial charge in [0.2, 0.25) is 5.78 Å². The Morgan fingerprint density at radius 2 is 1.44 bits per heavy atom. The number of ketones is 1. The summed E-state index contributed by atoms with van der Waals surface area (Å²) >= 11 is 0. The quantitative estimate of drug-likeness (QED) is 0.232. The average molecular weight is 482 g/mol. The molecule has 3 aromatic carbocycles. The van der Waals surface area contributed by atoms with Crippen molar-refractivity contribution >= 4 is 39.4 Å². The number of aromatic nitrogens is 2. The Morgan fingerprint density at radius 1 is 0.806 bits per heavy atom. The van der Waals surface area contributed by atoms with E-state index < -0.39 is 11.7 Å². The second kappa shape index (κ2) is 9.26. The van der Waals surface area contributed by atoms with Crippen LogP contribution in [0.2, 0.25) is 0 Å². The number of amides is 1. The molecule has 0 spiro atoms. The molecule has 0 aliphatic rings. The molecule has 0 fully saturated rings. The lowest BCUT2D eigenvalue weighted by atomic mass is 10.2. The van der Waals surface area contributed by atoms with E-state index in [2.05, 4.69) is 15.3 Å². The van der Waals surface area contributed by atoms with Gasteiger partial charge in [0.05, 0.1) is 11.4 Å². The number of hydrogen-bond donors (Lipinski definition) is 3. The Morgan fingerprint density at radius 3 is 2.11 bits per heavy atom. The van der Waals surface area contributed by atoms with Crippen molar-refractivity contribution in [3.05, 3.63) is 95.8 Å². The molecule has 0 aliphatic carbocycles. The topological polar surface area (TPSA) is 96.2 Å². The van der Waals surface area contributed by atoms with Gasteiger partial charge in [-0.15, -0.1) is 0 Å². The number of anilines is 1. The van der Waals surface area contributed by atoms with Gasteiger partial charge >= 0.3 is 6.09 Å². The van der Waals surface area contributed by atoms with E-state index in [1.54, 1.807) is 18.2 Å². The van der Waals surface area contributed by atoms with E-state index in [0.717, 1.165) is 33.1 Å². The van der Waals surface area contributed by atoms with Crippen LogP contribution in [0, 0.1) is 0 Å². The largest absolute Gasteiger partial charge is 0.489 e. The molecule has 0 unspecified atom stereocenters. The number of carbonyl (C=O) groups is 2. The first-order chi connectivity index (χ1) is 17.2. The fourth-order valence-electron chi connectivity index (χ4n) is 3.96. The van der Waals surface area contributed by atoms with Gasteiger partial charge in [-0.3, -0.25) is 10.1 Å². The molecule has 7 nitrogen and oxygen atoms in total. The molecular formula is C29H27N3O4. The zero-order chi connectivity index (χ0) is 25.3. The van der Waals surface area contributed by atoms with Crippen LogP contribution in [0.5, 0.6) is 5.75 Å². The van der Waals surface area contributed by atoms with Crippen LogP contribution in [-0.4, -0.2) is 27.4 Å². The zero-order valence-corrected chi connectivity index (χ0v) is 20.3. The summed E-state index contributed by atoms with van der Waals surface area (Å²) in [6.45, 7) is 5.90. The van der Waals surface area contributed by atoms with Crippen LogP contribution >= 0.6 is 0 Å². The molecular weight excluding hydrogens is 454 g/mol. The van der Waals surface area contributed by atoms with E-state index in [0.29, 0.717) is 23.7 Å². The molecule has 0 saturated carbocycles. The lowest BCUT2D eigenvalue weighted by Gasteiger charge is -2.19. The second-order valence-electron chi connectivity index (χ2n) is 9.65. The number of aromatic amines is 2. The number of fused-ring (bicyclic) bond motifs is 2. The highest BCUT2D eigenvalue weighted by Gasteiger charge is 2.18. The molecule has 0 atom stereocenters. The van der Waals surface area contributed by atoms with Crippen molar-refractivity contribution in [1.29, 1.82) is 0 Å². The number of nitrogens with one attached hydrogen (secondary N) is 3. The van der Waals surface area contributed by atoms with Gasteiger partial charge in [-0.05, 0) is 74.9 Å². The van der Waals surface area contributed by atoms with Gasteiger partial charge in [-0.25, -0.2) is 4.79 Å². The summed E-state index contributed by atoms with van der Waals surface area (Å²) < 4.78 is 11.2. The maximum atomic E-state index is 13.2. The van der Waals surface area contributed by atoms with Crippen molar-refractivity contribution in [3.63, 3.8) is 0 Å². The van der Waals surface area contributed by atoms with Gasteiger partial charge in [0.25, 0.3) is 0 Å². The normalized spacial score (nSPS) is 11.5. The summed E-state index contributed by atoms with van der Waals surface area (Å²) in [6.07, 6.45) is -0.529. The Bertz CT molecular complexity index is 1560. The number of H-pyrrole nitrogens is 2. The number of rotatable bonds is 6. The van der Waals surface area contributed by atoms with Crippen molar-refractivity contribution in [1.82, 2.24) is 9.97 Å². The molecule has 0 radical (unpaired) electrons. The molecule has 1 amide bonds. The van der Waals surface area contributed by atoms with Gasteiger partial charge in [0.15, 0.2) is 0 Å². The predicted octanol–water partition coefficient (Wildman–Crippen LogP) is 6.81. The van der Waals surface area contributed by atoms with E-state index in [9.17, 15) is 9.59 Å². The molecule has 36 heavy (non-hydrogen) atoms. The van der Waals surface area contributed by atoms with E-state index in [4.69, 9.17) is 9.47 Å². The highest BCUT2D eigenvalue weighted by Crippen LogP contribution is 2.26. The molecule has 5 rings (SSSR count). The Balaban J connectivity index is 1.32. The average Bonchev–Trinajstić information content (AvgIpc) is 3.45. The maximum Gasteiger partial charge on any atom is 0.412 e. The van der Waals surface area contributed by atoms with Crippen molar-refractivity contribution in [2.24, 2.45) is 0 Å². The lowest BCUT2D eigenvalue weighted by Crippen LogP contribution is -2.27. The Labute approximate surface area is 208 Å². The van der Waals surface area contributed by atoms with Crippen LogP contribution in [0.25, 0.3) is 21.8 Å². The Hall–Kier alpha value is -4.52. The Kier molecular flexibility index (Phi) is 5.98. The minimum atomic E-state index is -0.587. The molecule has 3 N–H and O–H groups in total. The minimum Gasteiger partial charge on any atom is -0.489 e. The van der Waals surface area contributed by atoms with Crippen molar-refractivity contribution in [2.45, 2.75) is 33.0 Å². The summed E-state index contributed by atoms with van der Waals surface area (Å²) in [5, 5.41) is 4.42. The summed E-state index contributed by atoms with van der Waals surface area (Å²) in [7, 11) is 0. The smallest absolute Gasteiger partial charge is 0.412 e. The number of ether oxygens (including phenoxy) is 2. The third-order valence-corrected chi connectivity index (χ3v) is 5.60. The predicted molar refractivity (Wildman–Crippen MR) is 141 cm³/mol. The highest BCUT2D eigenvalue weighted by atomic mass is 16.6. The molecule has 0 bridgehead atoms. The van der Waals surface area contributed by atoms with Crippen LogP contribution < -0.4 is 10.1 Å². The zero-order valence-electron chi connectivity index (χ0n) is 20.3. The van der Waals surface area contributed by atoms with E-state index in [1.807, 2.05) is 81.4 Å².